The molecule has 0 saturated heterocycles. The Hall–Kier alpha value is -2.90. The van der Waals surface area contributed by atoms with Crippen LogP contribution in [0.5, 0.6) is 0 Å². The lowest BCUT2D eigenvalue weighted by Crippen LogP contribution is -2.27. The number of nitrogens with one attached hydrogen (secondary N) is 1. The van der Waals surface area contributed by atoms with Crippen LogP contribution in [0.4, 0.5) is 4.79 Å². The van der Waals surface area contributed by atoms with Crippen LogP contribution in [-0.4, -0.2) is 27.3 Å². The Balaban J connectivity index is 1.85. The number of ether oxygens (including phenoxy) is 1. The van der Waals surface area contributed by atoms with Crippen LogP contribution in [0, 0.1) is 0 Å². The van der Waals surface area contributed by atoms with E-state index in [0.717, 1.165) is 5.56 Å². The molecule has 8 nitrogen and oxygen atoms in total. The molecule has 8 heteroatoms. The fraction of sp³-hybridized carbons (Fsp3) is 0.231. The normalized spacial score (nSPS) is 11.7. The average molecular weight is 291 g/mol. The summed E-state index contributed by atoms with van der Waals surface area (Å²) in [4.78, 5) is 25.9. The summed E-state index contributed by atoms with van der Waals surface area (Å²) < 4.78 is 9.76. The first kappa shape index (κ1) is 14.5. The molecule has 2 aromatic rings. The van der Waals surface area contributed by atoms with E-state index in [1.54, 1.807) is 6.92 Å². The molecule has 110 valence electrons. The van der Waals surface area contributed by atoms with Gasteiger partial charge in [0.2, 0.25) is 5.89 Å². The minimum absolute atomic E-state index is 0.0101. The Morgan fingerprint density at radius 1 is 1.38 bits per heavy atom. The molecule has 0 aliphatic carbocycles. The third-order valence-corrected chi connectivity index (χ3v) is 2.55. The first-order valence-electron chi connectivity index (χ1n) is 6.10. The van der Waals surface area contributed by atoms with E-state index >= 15 is 0 Å². The minimum atomic E-state index is -1.30. The van der Waals surface area contributed by atoms with Gasteiger partial charge in [0.1, 0.15) is 12.6 Å². The molecule has 1 unspecified atom stereocenters. The Labute approximate surface area is 119 Å². The highest BCUT2D eigenvalue weighted by molar-refractivity contribution is 5.82. The van der Waals surface area contributed by atoms with E-state index in [-0.39, 0.29) is 12.5 Å². The number of carbonyl (C=O) groups excluding carboxylic acids is 1. The molecule has 1 aromatic carbocycles. The standard InChI is InChI=1S/C13H13N3O5/c1-8(11-15-10(12(17)18)16-21-11)14-13(19)20-7-9-5-3-2-4-6-9/h2-6,8H,7H2,1H3,(H,14,19)(H,17,18). The molecule has 0 radical (unpaired) electrons. The van der Waals surface area contributed by atoms with E-state index in [1.165, 1.54) is 0 Å². The third kappa shape index (κ3) is 4.03. The predicted octanol–water partition coefficient (Wildman–Crippen LogP) is 1.76. The van der Waals surface area contributed by atoms with E-state index in [0.29, 0.717) is 0 Å². The lowest BCUT2D eigenvalue weighted by atomic mass is 10.2. The van der Waals surface area contributed by atoms with Gasteiger partial charge >= 0.3 is 12.1 Å². The van der Waals surface area contributed by atoms with Gasteiger partial charge in [-0.05, 0) is 17.6 Å². The van der Waals surface area contributed by atoms with E-state index in [1.807, 2.05) is 30.3 Å². The zero-order valence-electron chi connectivity index (χ0n) is 11.1. The molecular formula is C13H13N3O5. The smallest absolute Gasteiger partial charge is 0.408 e. The maximum Gasteiger partial charge on any atom is 0.408 e. The molecule has 21 heavy (non-hydrogen) atoms. The molecule has 0 bridgehead atoms. The van der Waals surface area contributed by atoms with Gasteiger partial charge in [0.25, 0.3) is 5.82 Å². The van der Waals surface area contributed by atoms with Crippen molar-refractivity contribution in [3.05, 3.63) is 47.6 Å². The zero-order valence-corrected chi connectivity index (χ0v) is 11.1. The van der Waals surface area contributed by atoms with Crippen LogP contribution in [0.2, 0.25) is 0 Å². The number of hydrogen-bond acceptors (Lipinski definition) is 6. The Morgan fingerprint density at radius 2 is 2.10 bits per heavy atom. The van der Waals surface area contributed by atoms with Gasteiger partial charge in [-0.2, -0.15) is 4.98 Å². The molecule has 2 N–H and O–H groups in total. The van der Waals surface area contributed by atoms with Gasteiger partial charge in [-0.3, -0.25) is 0 Å². The van der Waals surface area contributed by atoms with Crippen molar-refractivity contribution in [1.29, 1.82) is 0 Å². The quantitative estimate of drug-likeness (QED) is 0.862. The molecule has 1 atom stereocenters. The van der Waals surface area contributed by atoms with Crippen LogP contribution in [0.3, 0.4) is 0 Å². The summed E-state index contributed by atoms with van der Waals surface area (Å²) in [6, 6.07) is 8.54. The van der Waals surface area contributed by atoms with Crippen molar-refractivity contribution in [2.75, 3.05) is 0 Å². The van der Waals surface area contributed by atoms with Crippen LogP contribution in [0.25, 0.3) is 0 Å². The summed E-state index contributed by atoms with van der Waals surface area (Å²) in [6.45, 7) is 1.70. The van der Waals surface area contributed by atoms with Gasteiger partial charge in [0.05, 0.1) is 0 Å². The number of carbonyl (C=O) groups is 2. The van der Waals surface area contributed by atoms with Crippen molar-refractivity contribution in [2.45, 2.75) is 19.6 Å². The van der Waals surface area contributed by atoms with Crippen molar-refractivity contribution in [1.82, 2.24) is 15.5 Å². The second-order valence-corrected chi connectivity index (χ2v) is 4.19. The Morgan fingerprint density at radius 3 is 2.71 bits per heavy atom. The second kappa shape index (κ2) is 6.51. The number of aromatic carboxylic acids is 1. The Kier molecular flexibility index (Phi) is 4.50. The van der Waals surface area contributed by atoms with Crippen LogP contribution < -0.4 is 5.32 Å². The molecule has 0 spiro atoms. The number of carboxylic acids is 1. The summed E-state index contributed by atoms with van der Waals surface area (Å²) in [5, 5.41) is 14.4. The lowest BCUT2D eigenvalue weighted by Gasteiger charge is -2.10. The fourth-order valence-corrected chi connectivity index (χ4v) is 1.50. The van der Waals surface area contributed by atoms with Gasteiger partial charge in [0, 0.05) is 0 Å². The molecule has 0 saturated carbocycles. The maximum atomic E-state index is 11.6. The van der Waals surface area contributed by atoms with E-state index in [9.17, 15) is 9.59 Å². The monoisotopic (exact) mass is 291 g/mol. The zero-order chi connectivity index (χ0) is 15.2. The highest BCUT2D eigenvalue weighted by Gasteiger charge is 2.19. The highest BCUT2D eigenvalue weighted by atomic mass is 16.5. The number of rotatable bonds is 5. The first-order valence-corrected chi connectivity index (χ1v) is 6.10. The molecule has 1 heterocycles. The van der Waals surface area contributed by atoms with E-state index < -0.39 is 23.9 Å². The SMILES string of the molecule is CC(NC(=O)OCc1ccccc1)c1nc(C(=O)O)no1. The second-order valence-electron chi connectivity index (χ2n) is 4.19. The highest BCUT2D eigenvalue weighted by Crippen LogP contribution is 2.10. The van der Waals surface area contributed by atoms with E-state index in [2.05, 4.69) is 15.5 Å². The summed E-state index contributed by atoms with van der Waals surface area (Å²) in [5.74, 6) is -1.77. The topological polar surface area (TPSA) is 115 Å². The van der Waals surface area contributed by atoms with Gasteiger partial charge in [-0.1, -0.05) is 30.3 Å². The summed E-state index contributed by atoms with van der Waals surface area (Å²) >= 11 is 0. The fourth-order valence-electron chi connectivity index (χ4n) is 1.50. The number of amides is 1. The summed E-state index contributed by atoms with van der Waals surface area (Å²) in [7, 11) is 0. The number of nitrogens with zero attached hydrogens (tertiary/aromatic N) is 2. The summed E-state index contributed by atoms with van der Waals surface area (Å²) in [6.07, 6.45) is -0.665. The molecule has 0 aliphatic rings. The van der Waals surface area contributed by atoms with Crippen molar-refractivity contribution in [3.63, 3.8) is 0 Å². The third-order valence-electron chi connectivity index (χ3n) is 2.55. The van der Waals surface area contributed by atoms with Gasteiger partial charge < -0.3 is 19.7 Å². The van der Waals surface area contributed by atoms with Crippen molar-refractivity contribution >= 4 is 12.1 Å². The van der Waals surface area contributed by atoms with Crippen molar-refractivity contribution < 1.29 is 24.0 Å². The largest absolute Gasteiger partial charge is 0.475 e. The first-order chi connectivity index (χ1) is 10.1. The van der Waals surface area contributed by atoms with Gasteiger partial charge in [-0.25, -0.2) is 9.59 Å². The van der Waals surface area contributed by atoms with Gasteiger partial charge in [-0.15, -0.1) is 0 Å². The number of alkyl carbamates (subject to hydrolysis) is 1. The molecular weight excluding hydrogens is 278 g/mol. The number of carboxylic acid groups (broad SMARTS) is 1. The van der Waals surface area contributed by atoms with Crippen LogP contribution in [-0.2, 0) is 11.3 Å². The molecule has 2 rings (SSSR count). The minimum Gasteiger partial charge on any atom is -0.475 e. The molecule has 0 fully saturated rings. The molecule has 1 amide bonds. The Bertz CT molecular complexity index is 626. The molecule has 1 aromatic heterocycles. The maximum absolute atomic E-state index is 11.6. The van der Waals surface area contributed by atoms with Crippen molar-refractivity contribution in [3.8, 4) is 0 Å². The number of benzene rings is 1. The van der Waals surface area contributed by atoms with Crippen LogP contribution >= 0.6 is 0 Å². The number of aromatic nitrogens is 2. The lowest BCUT2D eigenvalue weighted by molar-refractivity contribution is 0.0680. The average Bonchev–Trinajstić information content (AvgIpc) is 2.96. The number of hydrogen-bond donors (Lipinski definition) is 2. The van der Waals surface area contributed by atoms with E-state index in [4.69, 9.17) is 14.4 Å². The summed E-state index contributed by atoms with van der Waals surface area (Å²) in [5.41, 5.74) is 0.853. The van der Waals surface area contributed by atoms with Gasteiger partial charge in [0.15, 0.2) is 0 Å². The van der Waals surface area contributed by atoms with Crippen LogP contribution in [0.15, 0.2) is 34.9 Å². The molecule has 0 aliphatic heterocycles. The van der Waals surface area contributed by atoms with Crippen LogP contribution in [0.1, 0.15) is 35.0 Å². The van der Waals surface area contributed by atoms with Crippen molar-refractivity contribution in [2.24, 2.45) is 0 Å². The predicted molar refractivity (Wildman–Crippen MR) is 69.4 cm³/mol.